The number of carbonyl (C=O) groups is 1. The van der Waals surface area contributed by atoms with Crippen molar-refractivity contribution >= 4 is 34.5 Å². The first-order valence-electron chi connectivity index (χ1n) is 6.98. The van der Waals surface area contributed by atoms with Crippen LogP contribution in [0.3, 0.4) is 0 Å². The second-order valence-corrected chi connectivity index (χ2v) is 6.90. The number of carbonyl (C=O) groups excluding carboxylic acids is 1. The van der Waals surface area contributed by atoms with E-state index in [1.807, 2.05) is 19.2 Å². The van der Waals surface area contributed by atoms with Crippen molar-refractivity contribution in [3.63, 3.8) is 0 Å². The van der Waals surface area contributed by atoms with Crippen molar-refractivity contribution in [3.8, 4) is 0 Å². The Kier molecular flexibility index (Phi) is 4.02. The minimum absolute atomic E-state index is 0.124. The summed E-state index contributed by atoms with van der Waals surface area (Å²) in [5, 5.41) is 3.50. The number of amides is 1. The first-order valence-corrected chi connectivity index (χ1v) is 8.17. The molecule has 21 heavy (non-hydrogen) atoms. The summed E-state index contributed by atoms with van der Waals surface area (Å²) in [7, 11) is 1.83. The fourth-order valence-electron chi connectivity index (χ4n) is 2.74. The maximum atomic E-state index is 11.8. The van der Waals surface area contributed by atoms with Crippen LogP contribution in [0, 0.1) is 0 Å². The third-order valence-electron chi connectivity index (χ3n) is 3.80. The lowest BCUT2D eigenvalue weighted by atomic mass is 10.0. The summed E-state index contributed by atoms with van der Waals surface area (Å²) in [4.78, 5) is 14.7. The van der Waals surface area contributed by atoms with Crippen LogP contribution in [0.1, 0.15) is 29.0 Å². The summed E-state index contributed by atoms with van der Waals surface area (Å²) in [5.74, 6) is 0.154. The van der Waals surface area contributed by atoms with Gasteiger partial charge in [-0.1, -0.05) is 30.7 Å². The van der Waals surface area contributed by atoms with Crippen LogP contribution in [-0.4, -0.2) is 19.5 Å². The van der Waals surface area contributed by atoms with E-state index in [0.717, 1.165) is 22.1 Å². The van der Waals surface area contributed by atoms with Gasteiger partial charge in [0.1, 0.15) is 0 Å². The van der Waals surface area contributed by atoms with Gasteiger partial charge in [-0.2, -0.15) is 0 Å². The highest BCUT2D eigenvalue weighted by atomic mass is 35.5. The number of benzene rings is 1. The molecule has 0 radical (unpaired) electrons. The van der Waals surface area contributed by atoms with Gasteiger partial charge in [0.2, 0.25) is 5.91 Å². The van der Waals surface area contributed by atoms with Gasteiger partial charge in [0, 0.05) is 17.6 Å². The maximum Gasteiger partial charge on any atom is 0.231 e. The molecule has 0 saturated heterocycles. The lowest BCUT2D eigenvalue weighted by Crippen LogP contribution is -2.21. The molecular weight excluding hydrogens is 304 g/mol. The average Bonchev–Trinajstić information content (AvgIpc) is 3.01. The number of thiophene rings is 1. The smallest absolute Gasteiger partial charge is 0.231 e. The van der Waals surface area contributed by atoms with Crippen molar-refractivity contribution in [3.05, 3.63) is 50.7 Å². The van der Waals surface area contributed by atoms with E-state index in [0.29, 0.717) is 6.42 Å². The van der Waals surface area contributed by atoms with Gasteiger partial charge < -0.3 is 10.2 Å². The number of hydrogen-bond donors (Lipinski definition) is 1. The van der Waals surface area contributed by atoms with Crippen molar-refractivity contribution in [1.29, 1.82) is 0 Å². The highest BCUT2D eigenvalue weighted by Crippen LogP contribution is 2.35. The molecule has 0 spiro atoms. The number of hydrogen-bond acceptors (Lipinski definition) is 3. The van der Waals surface area contributed by atoms with Crippen molar-refractivity contribution in [1.82, 2.24) is 5.32 Å². The topological polar surface area (TPSA) is 32.3 Å². The second kappa shape index (κ2) is 5.79. The Hall–Kier alpha value is -1.36. The van der Waals surface area contributed by atoms with Crippen LogP contribution in [-0.2, 0) is 11.2 Å². The zero-order valence-electron chi connectivity index (χ0n) is 12.0. The number of anilines is 1. The summed E-state index contributed by atoms with van der Waals surface area (Å²) >= 11 is 7.65. The van der Waals surface area contributed by atoms with Gasteiger partial charge in [0.25, 0.3) is 0 Å². The van der Waals surface area contributed by atoms with Gasteiger partial charge in [-0.05, 0) is 35.9 Å². The molecule has 1 aliphatic heterocycles. The standard InChI is InChI=1S/C16H17ClN2OS/c1-3-18-16(13-6-7-14(17)21-13)10-4-5-12-11(8-10)9-15(20)19(12)2/h4-8,16,18H,3,9H2,1-2H3. The van der Waals surface area contributed by atoms with Gasteiger partial charge >= 0.3 is 0 Å². The molecule has 110 valence electrons. The van der Waals surface area contributed by atoms with Crippen LogP contribution in [0.2, 0.25) is 4.34 Å². The zero-order valence-corrected chi connectivity index (χ0v) is 13.6. The molecule has 0 fully saturated rings. The monoisotopic (exact) mass is 320 g/mol. The van der Waals surface area contributed by atoms with Crippen LogP contribution in [0.4, 0.5) is 5.69 Å². The molecule has 1 unspecified atom stereocenters. The molecule has 1 aromatic carbocycles. The van der Waals surface area contributed by atoms with E-state index >= 15 is 0 Å². The first kappa shape index (κ1) is 14.6. The van der Waals surface area contributed by atoms with Crippen LogP contribution < -0.4 is 10.2 Å². The number of nitrogens with one attached hydrogen (secondary N) is 1. The highest BCUT2D eigenvalue weighted by molar-refractivity contribution is 7.16. The molecule has 0 bridgehead atoms. The average molecular weight is 321 g/mol. The van der Waals surface area contributed by atoms with E-state index in [4.69, 9.17) is 11.6 Å². The Morgan fingerprint density at radius 3 is 2.86 bits per heavy atom. The molecule has 1 atom stereocenters. The molecule has 2 heterocycles. The van der Waals surface area contributed by atoms with Gasteiger partial charge in [0.15, 0.2) is 0 Å². The Morgan fingerprint density at radius 1 is 1.38 bits per heavy atom. The summed E-state index contributed by atoms with van der Waals surface area (Å²) in [5.41, 5.74) is 3.30. The van der Waals surface area contributed by atoms with Crippen molar-refractivity contribution in [2.45, 2.75) is 19.4 Å². The largest absolute Gasteiger partial charge is 0.315 e. The van der Waals surface area contributed by atoms with Crippen LogP contribution in [0.5, 0.6) is 0 Å². The zero-order chi connectivity index (χ0) is 15.0. The van der Waals surface area contributed by atoms with E-state index in [1.165, 1.54) is 10.4 Å². The van der Waals surface area contributed by atoms with Crippen LogP contribution >= 0.6 is 22.9 Å². The minimum Gasteiger partial charge on any atom is -0.315 e. The minimum atomic E-state index is 0.124. The molecule has 1 N–H and O–H groups in total. The maximum absolute atomic E-state index is 11.8. The summed E-state index contributed by atoms with van der Waals surface area (Å²) in [6.45, 7) is 2.96. The van der Waals surface area contributed by atoms with Crippen LogP contribution in [0.25, 0.3) is 0 Å². The molecule has 0 saturated carbocycles. The quantitative estimate of drug-likeness (QED) is 0.933. The fraction of sp³-hybridized carbons (Fsp3) is 0.312. The first-order chi connectivity index (χ1) is 10.1. The van der Waals surface area contributed by atoms with Crippen molar-refractivity contribution in [2.24, 2.45) is 0 Å². The fourth-order valence-corrected chi connectivity index (χ4v) is 3.90. The van der Waals surface area contributed by atoms with Gasteiger partial charge in [-0.3, -0.25) is 4.79 Å². The van der Waals surface area contributed by atoms with E-state index in [-0.39, 0.29) is 11.9 Å². The summed E-state index contributed by atoms with van der Waals surface area (Å²) in [6, 6.07) is 10.4. The summed E-state index contributed by atoms with van der Waals surface area (Å²) in [6.07, 6.45) is 0.490. The molecule has 2 aromatic rings. The third-order valence-corrected chi connectivity index (χ3v) is 5.10. The molecule has 1 amide bonds. The molecule has 0 aliphatic carbocycles. The predicted octanol–water partition coefficient (Wildman–Crippen LogP) is 3.62. The van der Waals surface area contributed by atoms with Crippen molar-refractivity contribution < 1.29 is 4.79 Å². The number of likely N-dealkylation sites (N-methyl/N-ethyl adjacent to an activating group) is 1. The normalized spacial score (nSPS) is 15.4. The lowest BCUT2D eigenvalue weighted by Gasteiger charge is -2.18. The molecule has 3 nitrogen and oxygen atoms in total. The van der Waals surface area contributed by atoms with E-state index in [2.05, 4.69) is 30.4 Å². The van der Waals surface area contributed by atoms with Crippen LogP contribution in [0.15, 0.2) is 30.3 Å². The molecular formula is C16H17ClN2OS. The van der Waals surface area contributed by atoms with Gasteiger partial charge in [-0.25, -0.2) is 0 Å². The Morgan fingerprint density at radius 2 is 2.19 bits per heavy atom. The van der Waals surface area contributed by atoms with E-state index < -0.39 is 0 Å². The third kappa shape index (κ3) is 2.71. The summed E-state index contributed by atoms with van der Waals surface area (Å²) < 4.78 is 0.795. The predicted molar refractivity (Wildman–Crippen MR) is 88.4 cm³/mol. The molecule has 1 aliphatic rings. The Labute approximate surface area is 133 Å². The number of fused-ring (bicyclic) bond motifs is 1. The number of nitrogens with zero attached hydrogens (tertiary/aromatic N) is 1. The number of halogens is 1. The van der Waals surface area contributed by atoms with Crippen molar-refractivity contribution in [2.75, 3.05) is 18.5 Å². The number of rotatable bonds is 4. The Bertz CT molecular complexity index is 683. The van der Waals surface area contributed by atoms with E-state index in [1.54, 1.807) is 16.2 Å². The Balaban J connectivity index is 1.98. The molecule has 3 rings (SSSR count). The SMILES string of the molecule is CCNC(c1ccc2c(c1)CC(=O)N2C)c1ccc(Cl)s1. The molecule has 5 heteroatoms. The lowest BCUT2D eigenvalue weighted by molar-refractivity contribution is -0.117. The van der Waals surface area contributed by atoms with E-state index in [9.17, 15) is 4.79 Å². The van der Waals surface area contributed by atoms with Gasteiger partial charge in [-0.15, -0.1) is 11.3 Å². The second-order valence-electron chi connectivity index (χ2n) is 5.15. The van der Waals surface area contributed by atoms with Gasteiger partial charge in [0.05, 0.1) is 16.8 Å². The molecule has 1 aromatic heterocycles. The highest BCUT2D eigenvalue weighted by Gasteiger charge is 2.25.